The first-order valence-corrected chi connectivity index (χ1v) is 8.51. The summed E-state index contributed by atoms with van der Waals surface area (Å²) in [6.45, 7) is 3.65. The van der Waals surface area contributed by atoms with E-state index in [9.17, 15) is 9.90 Å². The zero-order valence-electron chi connectivity index (χ0n) is 14.5. The molecule has 2 atom stereocenters. The molecule has 1 amide bonds. The van der Waals surface area contributed by atoms with Crippen molar-refractivity contribution in [2.24, 2.45) is 0 Å². The number of benzene rings is 2. The molecule has 0 fully saturated rings. The third kappa shape index (κ3) is 3.88. The number of rotatable bonds is 6. The Balaban J connectivity index is 1.72. The van der Waals surface area contributed by atoms with Crippen molar-refractivity contribution in [1.29, 1.82) is 0 Å². The highest BCUT2D eigenvalue weighted by molar-refractivity contribution is 5.78. The minimum absolute atomic E-state index is 0.00621. The lowest BCUT2D eigenvalue weighted by Gasteiger charge is -2.24. The van der Waals surface area contributed by atoms with Gasteiger partial charge in [0.25, 0.3) is 0 Å². The fourth-order valence-corrected chi connectivity index (χ4v) is 2.96. The van der Waals surface area contributed by atoms with E-state index in [0.717, 1.165) is 22.4 Å². The Labute approximate surface area is 147 Å². The molecule has 0 radical (unpaired) electrons. The zero-order chi connectivity index (χ0) is 17.9. The van der Waals surface area contributed by atoms with Crippen molar-refractivity contribution in [3.05, 3.63) is 66.0 Å². The number of hydrogen-bond donors (Lipinski definition) is 3. The second kappa shape index (κ2) is 7.07. The van der Waals surface area contributed by atoms with Crippen molar-refractivity contribution in [2.45, 2.75) is 38.3 Å². The van der Waals surface area contributed by atoms with Gasteiger partial charge in [-0.3, -0.25) is 4.79 Å². The Hall–Kier alpha value is -2.66. The van der Waals surface area contributed by atoms with Crippen LogP contribution in [0.15, 0.2) is 54.6 Å². The largest absolute Gasteiger partial charge is 0.385 e. The molecule has 3 rings (SSSR count). The van der Waals surface area contributed by atoms with Crippen LogP contribution in [0.2, 0.25) is 0 Å². The molecule has 2 aromatic carbocycles. The van der Waals surface area contributed by atoms with Crippen LogP contribution < -0.4 is 5.32 Å². The standard InChI is InChI=1S/C20H23N3O2/c1-3-15(19-22-16-11-7-8-12-17(16)23-19)21-18(24)13-20(2,25)14-9-5-4-6-10-14/h4-12,15,25H,3,13H2,1-2H3,(H,21,24)(H,22,23)/t15-,20+/m1/s1. The number of nitrogens with zero attached hydrogens (tertiary/aromatic N) is 1. The highest BCUT2D eigenvalue weighted by atomic mass is 16.3. The van der Waals surface area contributed by atoms with Gasteiger partial charge in [0, 0.05) is 0 Å². The van der Waals surface area contributed by atoms with Crippen LogP contribution in [0.4, 0.5) is 0 Å². The molecule has 5 heteroatoms. The molecule has 130 valence electrons. The minimum Gasteiger partial charge on any atom is -0.385 e. The predicted octanol–water partition coefficient (Wildman–Crippen LogP) is 3.43. The van der Waals surface area contributed by atoms with E-state index in [2.05, 4.69) is 15.3 Å². The molecule has 0 aliphatic rings. The van der Waals surface area contributed by atoms with E-state index in [-0.39, 0.29) is 18.4 Å². The SMILES string of the molecule is CC[C@@H](NC(=O)C[C@](C)(O)c1ccccc1)c1nc2ccccc2[nH]1. The number of aromatic nitrogens is 2. The van der Waals surface area contributed by atoms with Gasteiger partial charge in [-0.05, 0) is 31.0 Å². The Kier molecular flexibility index (Phi) is 4.86. The average molecular weight is 337 g/mol. The topological polar surface area (TPSA) is 78.0 Å². The molecule has 0 spiro atoms. The van der Waals surface area contributed by atoms with Gasteiger partial charge in [-0.25, -0.2) is 4.98 Å². The number of nitrogens with one attached hydrogen (secondary N) is 2. The van der Waals surface area contributed by atoms with Crippen molar-refractivity contribution >= 4 is 16.9 Å². The van der Waals surface area contributed by atoms with E-state index < -0.39 is 5.60 Å². The number of carbonyl (C=O) groups is 1. The molecule has 25 heavy (non-hydrogen) atoms. The fraction of sp³-hybridized carbons (Fsp3) is 0.300. The molecule has 1 heterocycles. The van der Waals surface area contributed by atoms with Crippen molar-refractivity contribution in [3.8, 4) is 0 Å². The summed E-state index contributed by atoms with van der Waals surface area (Å²) in [5, 5.41) is 13.6. The Morgan fingerprint density at radius 2 is 1.88 bits per heavy atom. The molecule has 1 aromatic heterocycles. The molecular weight excluding hydrogens is 314 g/mol. The summed E-state index contributed by atoms with van der Waals surface area (Å²) in [6.07, 6.45) is 0.701. The van der Waals surface area contributed by atoms with E-state index >= 15 is 0 Å². The highest BCUT2D eigenvalue weighted by Crippen LogP contribution is 2.25. The summed E-state index contributed by atoms with van der Waals surface area (Å²) in [5.74, 6) is 0.526. The van der Waals surface area contributed by atoms with Gasteiger partial charge in [0.2, 0.25) is 5.91 Å². The first kappa shape index (κ1) is 17.2. The van der Waals surface area contributed by atoms with E-state index in [0.29, 0.717) is 6.42 Å². The van der Waals surface area contributed by atoms with Crippen LogP contribution in [-0.2, 0) is 10.4 Å². The van der Waals surface area contributed by atoms with E-state index in [1.165, 1.54) is 0 Å². The van der Waals surface area contributed by atoms with Gasteiger partial charge in [-0.15, -0.1) is 0 Å². The summed E-state index contributed by atoms with van der Waals surface area (Å²) >= 11 is 0. The molecule has 3 N–H and O–H groups in total. The highest BCUT2D eigenvalue weighted by Gasteiger charge is 2.28. The van der Waals surface area contributed by atoms with E-state index in [1.807, 2.05) is 61.5 Å². The lowest BCUT2D eigenvalue weighted by atomic mass is 9.92. The van der Waals surface area contributed by atoms with Crippen LogP contribution in [-0.4, -0.2) is 21.0 Å². The maximum absolute atomic E-state index is 12.5. The molecule has 0 unspecified atom stereocenters. The maximum Gasteiger partial charge on any atom is 0.223 e. The van der Waals surface area contributed by atoms with Gasteiger partial charge in [0.1, 0.15) is 5.82 Å². The average Bonchev–Trinajstić information content (AvgIpc) is 3.04. The van der Waals surface area contributed by atoms with E-state index in [4.69, 9.17) is 0 Å². The molecule has 0 saturated carbocycles. The molecule has 0 bridgehead atoms. The number of imidazole rings is 1. The molecule has 0 saturated heterocycles. The maximum atomic E-state index is 12.5. The number of carbonyl (C=O) groups excluding carboxylic acids is 1. The monoisotopic (exact) mass is 337 g/mol. The van der Waals surface area contributed by atoms with Crippen LogP contribution in [0.3, 0.4) is 0 Å². The number of amides is 1. The van der Waals surface area contributed by atoms with Crippen LogP contribution in [0, 0.1) is 0 Å². The minimum atomic E-state index is -1.21. The van der Waals surface area contributed by atoms with Gasteiger partial charge < -0.3 is 15.4 Å². The van der Waals surface area contributed by atoms with Crippen molar-refractivity contribution in [3.63, 3.8) is 0 Å². The summed E-state index contributed by atoms with van der Waals surface area (Å²) in [5.41, 5.74) is 1.34. The Morgan fingerprint density at radius 3 is 2.56 bits per heavy atom. The summed E-state index contributed by atoms with van der Waals surface area (Å²) in [7, 11) is 0. The van der Waals surface area contributed by atoms with Gasteiger partial charge in [0.05, 0.1) is 29.1 Å². The first-order valence-electron chi connectivity index (χ1n) is 8.51. The van der Waals surface area contributed by atoms with Gasteiger partial charge >= 0.3 is 0 Å². The van der Waals surface area contributed by atoms with Crippen LogP contribution in [0.25, 0.3) is 11.0 Å². The number of H-pyrrole nitrogens is 1. The Morgan fingerprint density at radius 1 is 1.20 bits per heavy atom. The van der Waals surface area contributed by atoms with Crippen molar-refractivity contribution in [1.82, 2.24) is 15.3 Å². The normalized spacial score (nSPS) is 14.8. The molecular formula is C20H23N3O2. The fourth-order valence-electron chi connectivity index (χ4n) is 2.96. The molecule has 3 aromatic rings. The Bertz CT molecular complexity index is 823. The summed E-state index contributed by atoms with van der Waals surface area (Å²) in [4.78, 5) is 20.3. The smallest absolute Gasteiger partial charge is 0.223 e. The second-order valence-corrected chi connectivity index (χ2v) is 6.48. The quantitative estimate of drug-likeness (QED) is 0.645. The molecule has 0 aliphatic heterocycles. The van der Waals surface area contributed by atoms with Crippen LogP contribution in [0.5, 0.6) is 0 Å². The number of fused-ring (bicyclic) bond motifs is 1. The number of aromatic amines is 1. The van der Waals surface area contributed by atoms with Crippen molar-refractivity contribution in [2.75, 3.05) is 0 Å². The number of para-hydroxylation sites is 2. The number of aliphatic hydroxyl groups is 1. The lowest BCUT2D eigenvalue weighted by molar-refractivity contribution is -0.126. The second-order valence-electron chi connectivity index (χ2n) is 6.48. The molecule has 0 aliphatic carbocycles. The third-order valence-electron chi connectivity index (χ3n) is 4.38. The van der Waals surface area contributed by atoms with Crippen molar-refractivity contribution < 1.29 is 9.90 Å². The van der Waals surface area contributed by atoms with Crippen LogP contribution in [0.1, 0.15) is 44.1 Å². The number of hydrogen-bond acceptors (Lipinski definition) is 3. The van der Waals surface area contributed by atoms with E-state index in [1.54, 1.807) is 6.92 Å². The third-order valence-corrected chi connectivity index (χ3v) is 4.38. The van der Waals surface area contributed by atoms with Gasteiger partial charge in [0.15, 0.2) is 0 Å². The van der Waals surface area contributed by atoms with Gasteiger partial charge in [-0.2, -0.15) is 0 Å². The van der Waals surface area contributed by atoms with Crippen LogP contribution >= 0.6 is 0 Å². The lowest BCUT2D eigenvalue weighted by Crippen LogP contribution is -2.35. The zero-order valence-corrected chi connectivity index (χ0v) is 14.5. The summed E-state index contributed by atoms with van der Waals surface area (Å²) in [6, 6.07) is 16.8. The predicted molar refractivity (Wildman–Crippen MR) is 97.9 cm³/mol. The van der Waals surface area contributed by atoms with Gasteiger partial charge in [-0.1, -0.05) is 49.4 Å². The molecule has 5 nitrogen and oxygen atoms in total. The first-order chi connectivity index (χ1) is 12.0. The summed E-state index contributed by atoms with van der Waals surface area (Å²) < 4.78 is 0.